The monoisotopic (exact) mass is 419 g/mol. The van der Waals surface area contributed by atoms with Crippen LogP contribution in [0.15, 0.2) is 48.5 Å². The summed E-state index contributed by atoms with van der Waals surface area (Å²) >= 11 is 0. The van der Waals surface area contributed by atoms with Crippen LogP contribution in [-0.2, 0) is 10.2 Å². The highest BCUT2D eigenvalue weighted by atomic mass is 32.2. The molecule has 0 bridgehead atoms. The summed E-state index contributed by atoms with van der Waals surface area (Å²) in [4.78, 5) is 15.7. The Balaban J connectivity index is 1.89. The first-order chi connectivity index (χ1) is 13.5. The SMILES string of the molecule is Cc1cc(C(C)c2ccc(NS(N)(=O)=O)cc2F)[nH]c1C(=O)c1ccc(F)cc1. The fourth-order valence-corrected chi connectivity index (χ4v) is 3.53. The van der Waals surface area contributed by atoms with E-state index in [9.17, 15) is 22.0 Å². The van der Waals surface area contributed by atoms with Crippen molar-refractivity contribution in [1.29, 1.82) is 0 Å². The molecular formula is C20H19F2N3O3S. The van der Waals surface area contributed by atoms with Crippen molar-refractivity contribution in [2.24, 2.45) is 5.14 Å². The summed E-state index contributed by atoms with van der Waals surface area (Å²) in [5.74, 6) is -1.79. The molecule has 9 heteroatoms. The Labute approximate surface area is 166 Å². The summed E-state index contributed by atoms with van der Waals surface area (Å²) in [6.07, 6.45) is 0. The molecule has 1 unspecified atom stereocenters. The van der Waals surface area contributed by atoms with Gasteiger partial charge in [0.2, 0.25) is 5.78 Å². The molecule has 0 aliphatic rings. The Kier molecular flexibility index (Phi) is 5.54. The second kappa shape index (κ2) is 7.76. The van der Waals surface area contributed by atoms with Gasteiger partial charge in [-0.1, -0.05) is 13.0 Å². The van der Waals surface area contributed by atoms with Crippen LogP contribution < -0.4 is 9.86 Å². The number of nitrogens with one attached hydrogen (secondary N) is 2. The number of H-pyrrole nitrogens is 1. The van der Waals surface area contributed by atoms with Gasteiger partial charge in [-0.05, 0) is 60.5 Å². The van der Waals surface area contributed by atoms with Crippen molar-refractivity contribution in [3.8, 4) is 0 Å². The number of benzene rings is 2. The predicted octanol–water partition coefficient (Wildman–Crippen LogP) is 3.60. The van der Waals surface area contributed by atoms with Gasteiger partial charge in [-0.25, -0.2) is 13.9 Å². The molecule has 0 saturated heterocycles. The lowest BCUT2D eigenvalue weighted by molar-refractivity contribution is 0.103. The van der Waals surface area contributed by atoms with Crippen LogP contribution in [0.4, 0.5) is 14.5 Å². The van der Waals surface area contributed by atoms with Crippen LogP contribution in [0.2, 0.25) is 0 Å². The van der Waals surface area contributed by atoms with Crippen molar-refractivity contribution in [3.05, 3.63) is 88.2 Å². The number of carbonyl (C=O) groups is 1. The van der Waals surface area contributed by atoms with Crippen LogP contribution in [0.1, 0.15) is 45.7 Å². The molecule has 0 aliphatic carbocycles. The minimum atomic E-state index is -4.00. The normalized spacial score (nSPS) is 12.6. The van der Waals surface area contributed by atoms with Crippen molar-refractivity contribution in [2.75, 3.05) is 4.72 Å². The first kappa shape index (κ1) is 20.7. The lowest BCUT2D eigenvalue weighted by Gasteiger charge is -2.13. The number of aromatic nitrogens is 1. The third-order valence-electron chi connectivity index (χ3n) is 4.56. The van der Waals surface area contributed by atoms with E-state index in [1.165, 1.54) is 36.4 Å². The van der Waals surface area contributed by atoms with Crippen LogP contribution in [-0.4, -0.2) is 19.2 Å². The first-order valence-corrected chi connectivity index (χ1v) is 10.2. The average molecular weight is 419 g/mol. The maximum absolute atomic E-state index is 14.5. The number of hydrogen-bond acceptors (Lipinski definition) is 3. The highest BCUT2D eigenvalue weighted by Gasteiger charge is 2.20. The second-order valence-electron chi connectivity index (χ2n) is 6.72. The van der Waals surface area contributed by atoms with E-state index in [1.54, 1.807) is 19.9 Å². The van der Waals surface area contributed by atoms with E-state index < -0.39 is 27.8 Å². The van der Waals surface area contributed by atoms with E-state index in [4.69, 9.17) is 5.14 Å². The zero-order valence-corrected chi connectivity index (χ0v) is 16.5. The largest absolute Gasteiger partial charge is 0.355 e. The van der Waals surface area contributed by atoms with Crippen LogP contribution in [0, 0.1) is 18.6 Å². The van der Waals surface area contributed by atoms with Crippen molar-refractivity contribution < 1.29 is 22.0 Å². The molecule has 2 aromatic carbocycles. The average Bonchev–Trinajstić information content (AvgIpc) is 3.02. The molecule has 3 aromatic rings. The zero-order chi connectivity index (χ0) is 21.3. The molecule has 0 spiro atoms. The number of aryl methyl sites for hydroxylation is 1. The summed E-state index contributed by atoms with van der Waals surface area (Å²) < 4.78 is 51.8. The van der Waals surface area contributed by atoms with Gasteiger partial charge in [0.15, 0.2) is 0 Å². The molecule has 4 N–H and O–H groups in total. The van der Waals surface area contributed by atoms with Gasteiger partial charge < -0.3 is 4.98 Å². The maximum atomic E-state index is 14.5. The van der Waals surface area contributed by atoms with E-state index >= 15 is 0 Å². The Bertz CT molecular complexity index is 1170. The third kappa shape index (κ3) is 4.69. The number of nitrogens with two attached hydrogens (primary N) is 1. The van der Waals surface area contributed by atoms with Crippen molar-refractivity contribution in [1.82, 2.24) is 4.98 Å². The smallest absolute Gasteiger partial charge is 0.296 e. The van der Waals surface area contributed by atoms with Gasteiger partial charge in [0.25, 0.3) is 10.2 Å². The van der Waals surface area contributed by atoms with E-state index in [2.05, 4.69) is 4.98 Å². The van der Waals surface area contributed by atoms with Gasteiger partial charge >= 0.3 is 0 Å². The van der Waals surface area contributed by atoms with Crippen LogP contribution >= 0.6 is 0 Å². The van der Waals surface area contributed by atoms with Crippen molar-refractivity contribution in [3.63, 3.8) is 0 Å². The van der Waals surface area contributed by atoms with Crippen molar-refractivity contribution in [2.45, 2.75) is 19.8 Å². The molecule has 1 atom stereocenters. The predicted molar refractivity (Wildman–Crippen MR) is 106 cm³/mol. The molecule has 0 saturated carbocycles. The quantitative estimate of drug-likeness (QED) is 0.532. The number of halogens is 2. The number of hydrogen-bond donors (Lipinski definition) is 3. The molecule has 1 heterocycles. The Morgan fingerprint density at radius 2 is 1.76 bits per heavy atom. The maximum Gasteiger partial charge on any atom is 0.296 e. The number of carbonyl (C=O) groups excluding carboxylic acids is 1. The minimum absolute atomic E-state index is 0.00999. The summed E-state index contributed by atoms with van der Waals surface area (Å²) in [7, 11) is -4.00. The summed E-state index contributed by atoms with van der Waals surface area (Å²) in [5, 5.41) is 4.89. The highest BCUT2D eigenvalue weighted by molar-refractivity contribution is 7.90. The Hall–Kier alpha value is -3.04. The molecule has 1 aromatic heterocycles. The third-order valence-corrected chi connectivity index (χ3v) is 5.08. The fourth-order valence-electron chi connectivity index (χ4n) is 3.07. The standard InChI is InChI=1S/C20H19F2N3O3S/c1-11-9-18(24-19(11)20(26)13-3-5-14(21)6-4-13)12(2)16-8-7-15(10-17(16)22)25-29(23,27)28/h3-10,12,24-25H,1-2H3,(H2,23,27,28). The lowest BCUT2D eigenvalue weighted by Crippen LogP contribution is -2.21. The second-order valence-corrected chi connectivity index (χ2v) is 8.02. The van der Waals surface area contributed by atoms with Crippen LogP contribution in [0.25, 0.3) is 0 Å². The van der Waals surface area contributed by atoms with Gasteiger partial charge in [0, 0.05) is 17.2 Å². The molecule has 29 heavy (non-hydrogen) atoms. The molecular weight excluding hydrogens is 400 g/mol. The number of rotatable bonds is 6. The van der Waals surface area contributed by atoms with Gasteiger partial charge in [0.1, 0.15) is 11.6 Å². The lowest BCUT2D eigenvalue weighted by atomic mass is 9.97. The van der Waals surface area contributed by atoms with Crippen LogP contribution in [0.5, 0.6) is 0 Å². The summed E-state index contributed by atoms with van der Waals surface area (Å²) in [5.41, 5.74) is 2.28. The van der Waals surface area contributed by atoms with Gasteiger partial charge in [-0.2, -0.15) is 8.42 Å². The van der Waals surface area contributed by atoms with Gasteiger partial charge in [0.05, 0.1) is 11.4 Å². The van der Waals surface area contributed by atoms with E-state index in [0.29, 0.717) is 28.1 Å². The topological polar surface area (TPSA) is 105 Å². The summed E-state index contributed by atoms with van der Waals surface area (Å²) in [6.45, 7) is 3.50. The first-order valence-electron chi connectivity index (χ1n) is 8.65. The fraction of sp³-hybridized carbons (Fsp3) is 0.150. The molecule has 3 rings (SSSR count). The molecule has 152 valence electrons. The minimum Gasteiger partial charge on any atom is -0.355 e. The Morgan fingerprint density at radius 3 is 2.34 bits per heavy atom. The summed E-state index contributed by atoms with van der Waals surface area (Å²) in [6, 6.07) is 10.9. The highest BCUT2D eigenvalue weighted by Crippen LogP contribution is 2.29. The van der Waals surface area contributed by atoms with Crippen molar-refractivity contribution >= 4 is 21.7 Å². The number of aromatic amines is 1. The molecule has 6 nitrogen and oxygen atoms in total. The Morgan fingerprint density at radius 1 is 1.10 bits per heavy atom. The van der Waals surface area contributed by atoms with E-state index in [-0.39, 0.29) is 11.5 Å². The molecule has 0 aliphatic heterocycles. The molecule has 0 amide bonds. The van der Waals surface area contributed by atoms with E-state index in [0.717, 1.165) is 6.07 Å². The van der Waals surface area contributed by atoms with E-state index in [1.807, 2.05) is 4.72 Å². The van der Waals surface area contributed by atoms with Gasteiger partial charge in [-0.15, -0.1) is 0 Å². The molecule has 0 fully saturated rings. The van der Waals surface area contributed by atoms with Crippen LogP contribution in [0.3, 0.4) is 0 Å². The zero-order valence-electron chi connectivity index (χ0n) is 15.7. The number of anilines is 1. The molecule has 0 radical (unpaired) electrons. The van der Waals surface area contributed by atoms with Gasteiger partial charge in [-0.3, -0.25) is 9.52 Å². The number of ketones is 1.